The van der Waals surface area contributed by atoms with E-state index in [2.05, 4.69) is 0 Å². The fourth-order valence-electron chi connectivity index (χ4n) is 2.72. The normalized spacial score (nSPS) is 10.4. The maximum absolute atomic E-state index is 13.3. The molecule has 6 heteroatoms. The van der Waals surface area contributed by atoms with Crippen LogP contribution in [0.15, 0.2) is 72.8 Å². The van der Waals surface area contributed by atoms with E-state index in [1.54, 1.807) is 42.5 Å². The van der Waals surface area contributed by atoms with Gasteiger partial charge in [0.05, 0.1) is 16.8 Å². The number of rotatable bonds is 4. The molecule has 0 fully saturated rings. The fraction of sp³-hybridized carbons (Fsp3) is 0.0455. The molecule has 0 spiro atoms. The maximum atomic E-state index is 13.3. The summed E-state index contributed by atoms with van der Waals surface area (Å²) >= 11 is 5.89. The fourth-order valence-corrected chi connectivity index (χ4v) is 2.84. The summed E-state index contributed by atoms with van der Waals surface area (Å²) in [7, 11) is 0. The van der Waals surface area contributed by atoms with Crippen molar-refractivity contribution in [1.29, 1.82) is 0 Å². The molecule has 0 atom stereocenters. The first kappa shape index (κ1) is 19.3. The van der Waals surface area contributed by atoms with Crippen LogP contribution in [0.2, 0.25) is 5.02 Å². The summed E-state index contributed by atoms with van der Waals surface area (Å²) in [6, 6.07) is 18.8. The Morgan fingerprint density at radius 2 is 1.36 bits per heavy atom. The minimum atomic E-state index is -1.24. The van der Waals surface area contributed by atoms with Gasteiger partial charge >= 0.3 is 5.97 Å². The first-order valence-electron chi connectivity index (χ1n) is 8.42. The van der Waals surface area contributed by atoms with Crippen LogP contribution >= 0.6 is 11.6 Å². The lowest BCUT2D eigenvalue weighted by atomic mass is 10.0. The van der Waals surface area contributed by atoms with E-state index >= 15 is 0 Å². The Bertz CT molecular complexity index is 1040. The third-order valence-corrected chi connectivity index (χ3v) is 4.43. The molecular weight excluding hydrogens is 378 g/mol. The molecule has 5 nitrogen and oxygen atoms in total. The van der Waals surface area contributed by atoms with Crippen LogP contribution in [0.5, 0.6) is 0 Å². The van der Waals surface area contributed by atoms with Crippen molar-refractivity contribution in [2.24, 2.45) is 0 Å². The zero-order valence-electron chi connectivity index (χ0n) is 14.9. The van der Waals surface area contributed by atoms with E-state index in [-0.39, 0.29) is 16.7 Å². The van der Waals surface area contributed by atoms with Gasteiger partial charge in [-0.25, -0.2) is 9.69 Å². The van der Waals surface area contributed by atoms with Crippen LogP contribution in [0.1, 0.15) is 36.6 Å². The average molecular weight is 394 g/mol. The predicted molar refractivity (Wildman–Crippen MR) is 107 cm³/mol. The number of nitrogens with zero attached hydrogens (tertiary/aromatic N) is 1. The molecule has 3 rings (SSSR count). The monoisotopic (exact) mass is 393 g/mol. The molecule has 0 aliphatic carbocycles. The van der Waals surface area contributed by atoms with Gasteiger partial charge in [0.25, 0.3) is 11.8 Å². The summed E-state index contributed by atoms with van der Waals surface area (Å²) in [6.45, 7) is 1.89. The lowest BCUT2D eigenvalue weighted by Crippen LogP contribution is -2.37. The van der Waals surface area contributed by atoms with Crippen LogP contribution < -0.4 is 4.90 Å². The zero-order valence-corrected chi connectivity index (χ0v) is 15.7. The van der Waals surface area contributed by atoms with Crippen LogP contribution in [0, 0.1) is 6.92 Å². The Morgan fingerprint density at radius 1 is 0.786 bits per heavy atom. The van der Waals surface area contributed by atoms with Gasteiger partial charge in [0, 0.05) is 10.6 Å². The Labute approximate surface area is 166 Å². The molecule has 3 aromatic carbocycles. The van der Waals surface area contributed by atoms with Crippen molar-refractivity contribution in [3.05, 3.63) is 100 Å². The Balaban J connectivity index is 2.12. The van der Waals surface area contributed by atoms with Gasteiger partial charge in [0.1, 0.15) is 0 Å². The molecule has 1 N–H and O–H groups in total. The smallest absolute Gasteiger partial charge is 0.336 e. The minimum absolute atomic E-state index is 0.0714. The predicted octanol–water partition coefficient (Wildman–Crippen LogP) is 4.83. The second-order valence-electron chi connectivity index (χ2n) is 6.14. The van der Waals surface area contributed by atoms with E-state index in [9.17, 15) is 19.5 Å². The van der Waals surface area contributed by atoms with Crippen LogP contribution in [0.25, 0.3) is 0 Å². The van der Waals surface area contributed by atoms with Gasteiger partial charge in [-0.2, -0.15) is 0 Å². The summed E-state index contributed by atoms with van der Waals surface area (Å²) in [4.78, 5) is 38.9. The molecule has 0 saturated carbocycles. The molecular formula is C22H16ClNO4. The number of carbonyl (C=O) groups is 3. The van der Waals surface area contributed by atoms with Gasteiger partial charge in [-0.15, -0.1) is 0 Å². The summed E-state index contributed by atoms with van der Waals surface area (Å²) in [6.07, 6.45) is 0. The highest BCUT2D eigenvalue weighted by Gasteiger charge is 2.28. The Morgan fingerprint density at radius 3 is 1.93 bits per heavy atom. The highest BCUT2D eigenvalue weighted by molar-refractivity contribution is 6.31. The summed E-state index contributed by atoms with van der Waals surface area (Å²) in [5.74, 6) is -2.54. The molecule has 0 aliphatic heterocycles. The van der Waals surface area contributed by atoms with Crippen LogP contribution in [-0.4, -0.2) is 22.9 Å². The maximum Gasteiger partial charge on any atom is 0.336 e. The van der Waals surface area contributed by atoms with E-state index in [0.717, 1.165) is 10.5 Å². The lowest BCUT2D eigenvalue weighted by molar-refractivity contribution is 0.0690. The van der Waals surface area contributed by atoms with E-state index in [1.165, 1.54) is 30.3 Å². The largest absolute Gasteiger partial charge is 0.478 e. The van der Waals surface area contributed by atoms with Crippen molar-refractivity contribution in [2.75, 3.05) is 4.90 Å². The molecule has 0 aliphatic rings. The SMILES string of the molecule is Cc1ccc(N(C(=O)c2ccc(Cl)cc2)C(=O)c2ccccc2C(=O)O)cc1. The number of carboxylic acid groups (broad SMARTS) is 1. The molecule has 0 unspecified atom stereocenters. The second-order valence-corrected chi connectivity index (χ2v) is 6.58. The summed E-state index contributed by atoms with van der Waals surface area (Å²) in [5.41, 5.74) is 1.31. The highest BCUT2D eigenvalue weighted by Crippen LogP contribution is 2.23. The first-order chi connectivity index (χ1) is 13.4. The number of carbonyl (C=O) groups excluding carboxylic acids is 2. The zero-order chi connectivity index (χ0) is 20.3. The van der Waals surface area contributed by atoms with Crippen molar-refractivity contribution in [2.45, 2.75) is 6.92 Å². The van der Waals surface area contributed by atoms with Crippen molar-refractivity contribution < 1.29 is 19.5 Å². The van der Waals surface area contributed by atoms with Gasteiger partial charge in [-0.1, -0.05) is 41.4 Å². The molecule has 3 aromatic rings. The quantitative estimate of drug-likeness (QED) is 0.644. The standard InChI is InChI=1S/C22H16ClNO4/c1-14-6-12-17(13-7-14)24(20(25)15-8-10-16(23)11-9-15)21(26)18-4-2-3-5-19(18)22(27)28/h2-13H,1H3,(H,27,28). The number of carboxylic acids is 1. The number of benzene rings is 3. The summed E-state index contributed by atoms with van der Waals surface area (Å²) in [5, 5.41) is 9.88. The number of imide groups is 1. The average Bonchev–Trinajstić information content (AvgIpc) is 2.70. The van der Waals surface area contributed by atoms with E-state index < -0.39 is 17.8 Å². The minimum Gasteiger partial charge on any atom is -0.478 e. The first-order valence-corrected chi connectivity index (χ1v) is 8.79. The van der Waals surface area contributed by atoms with Crippen molar-refractivity contribution >= 4 is 35.1 Å². The highest BCUT2D eigenvalue weighted by atomic mass is 35.5. The molecule has 140 valence electrons. The second kappa shape index (κ2) is 8.06. The summed E-state index contributed by atoms with van der Waals surface area (Å²) < 4.78 is 0. The van der Waals surface area contributed by atoms with Gasteiger partial charge in [0.2, 0.25) is 0 Å². The number of hydrogen-bond acceptors (Lipinski definition) is 3. The Kier molecular flexibility index (Phi) is 5.57. The molecule has 0 aromatic heterocycles. The number of aryl methyl sites for hydroxylation is 1. The molecule has 2 amide bonds. The van der Waals surface area contributed by atoms with Crippen LogP contribution in [0.3, 0.4) is 0 Å². The number of halogens is 1. The van der Waals surface area contributed by atoms with Gasteiger partial charge in [0.15, 0.2) is 0 Å². The van der Waals surface area contributed by atoms with Gasteiger partial charge in [-0.3, -0.25) is 9.59 Å². The molecule has 0 saturated heterocycles. The van der Waals surface area contributed by atoms with E-state index in [4.69, 9.17) is 11.6 Å². The third kappa shape index (κ3) is 3.94. The van der Waals surface area contributed by atoms with Gasteiger partial charge in [-0.05, 0) is 55.5 Å². The number of anilines is 1. The molecule has 0 radical (unpaired) electrons. The number of hydrogen-bond donors (Lipinski definition) is 1. The van der Waals surface area contributed by atoms with Crippen LogP contribution in [0.4, 0.5) is 5.69 Å². The van der Waals surface area contributed by atoms with Crippen molar-refractivity contribution in [1.82, 2.24) is 0 Å². The van der Waals surface area contributed by atoms with E-state index in [0.29, 0.717) is 10.7 Å². The lowest BCUT2D eigenvalue weighted by Gasteiger charge is -2.22. The van der Waals surface area contributed by atoms with Crippen LogP contribution in [-0.2, 0) is 0 Å². The topological polar surface area (TPSA) is 74.7 Å². The molecule has 28 heavy (non-hydrogen) atoms. The van der Waals surface area contributed by atoms with Crippen molar-refractivity contribution in [3.63, 3.8) is 0 Å². The Hall–Kier alpha value is -3.44. The van der Waals surface area contributed by atoms with E-state index in [1.807, 2.05) is 6.92 Å². The van der Waals surface area contributed by atoms with Crippen molar-refractivity contribution in [3.8, 4) is 0 Å². The molecule has 0 bridgehead atoms. The molecule has 0 heterocycles. The van der Waals surface area contributed by atoms with Gasteiger partial charge < -0.3 is 5.11 Å². The number of aromatic carboxylic acids is 1. The third-order valence-electron chi connectivity index (χ3n) is 4.18. The number of amides is 2.